The van der Waals surface area contributed by atoms with Gasteiger partial charge in [0.15, 0.2) is 5.69 Å². The summed E-state index contributed by atoms with van der Waals surface area (Å²) in [6, 6.07) is 0.657. The zero-order valence-electron chi connectivity index (χ0n) is 12.0. The molecule has 0 bridgehead atoms. The molecule has 0 spiro atoms. The van der Waals surface area contributed by atoms with Crippen molar-refractivity contribution in [3.8, 4) is 0 Å². The molecular formula is C14H23N5O. The molecule has 1 saturated carbocycles. The average molecular weight is 277 g/mol. The van der Waals surface area contributed by atoms with Crippen LogP contribution < -0.4 is 10.6 Å². The summed E-state index contributed by atoms with van der Waals surface area (Å²) in [6.45, 7) is 4.06. The summed E-state index contributed by atoms with van der Waals surface area (Å²) >= 11 is 0. The Morgan fingerprint density at radius 2 is 2.15 bits per heavy atom. The molecule has 110 valence electrons. The number of carbonyl (C=O) groups is 1. The van der Waals surface area contributed by atoms with Crippen LogP contribution in [0.1, 0.15) is 55.6 Å². The maximum absolute atomic E-state index is 12.2. The maximum Gasteiger partial charge on any atom is 0.273 e. The smallest absolute Gasteiger partial charge is 0.273 e. The molecule has 2 aliphatic rings. The van der Waals surface area contributed by atoms with Crippen LogP contribution in [0, 0.1) is 5.92 Å². The summed E-state index contributed by atoms with van der Waals surface area (Å²) in [7, 11) is 0. The van der Waals surface area contributed by atoms with Gasteiger partial charge in [-0.25, -0.2) is 4.68 Å². The summed E-state index contributed by atoms with van der Waals surface area (Å²) < 4.78 is 1.79. The van der Waals surface area contributed by atoms with Crippen molar-refractivity contribution in [3.05, 3.63) is 11.9 Å². The standard InChI is InChI=1S/C14H23N5O/c1-2-10-3-5-11(6-4-10)16-14(20)13-9-19(18-17-13)12-7-15-8-12/h9-12,15H,2-8H2,1H3,(H,16,20). The highest BCUT2D eigenvalue weighted by Crippen LogP contribution is 2.26. The Balaban J connectivity index is 1.52. The topological polar surface area (TPSA) is 71.8 Å². The molecule has 1 aliphatic carbocycles. The van der Waals surface area contributed by atoms with Crippen molar-refractivity contribution in [2.75, 3.05) is 13.1 Å². The van der Waals surface area contributed by atoms with E-state index in [1.165, 1.54) is 19.3 Å². The van der Waals surface area contributed by atoms with Gasteiger partial charge in [-0.3, -0.25) is 4.79 Å². The van der Waals surface area contributed by atoms with E-state index < -0.39 is 0 Å². The van der Waals surface area contributed by atoms with Gasteiger partial charge in [-0.05, 0) is 31.6 Å². The molecule has 6 nitrogen and oxygen atoms in total. The Morgan fingerprint density at radius 3 is 2.75 bits per heavy atom. The molecule has 1 aliphatic heterocycles. The molecule has 2 heterocycles. The predicted molar refractivity (Wildman–Crippen MR) is 75.4 cm³/mol. The molecule has 2 N–H and O–H groups in total. The first-order valence-electron chi connectivity index (χ1n) is 7.69. The fourth-order valence-corrected chi connectivity index (χ4v) is 2.99. The maximum atomic E-state index is 12.2. The Bertz CT molecular complexity index is 460. The number of nitrogens with zero attached hydrogens (tertiary/aromatic N) is 3. The van der Waals surface area contributed by atoms with E-state index in [0.29, 0.717) is 17.8 Å². The highest BCUT2D eigenvalue weighted by molar-refractivity contribution is 5.92. The van der Waals surface area contributed by atoms with E-state index in [9.17, 15) is 4.79 Å². The van der Waals surface area contributed by atoms with Crippen molar-refractivity contribution in [3.63, 3.8) is 0 Å². The molecule has 3 rings (SSSR count). The van der Waals surface area contributed by atoms with E-state index in [1.807, 2.05) is 0 Å². The third-order valence-electron chi connectivity index (χ3n) is 4.64. The van der Waals surface area contributed by atoms with Gasteiger partial charge in [0.05, 0.1) is 12.2 Å². The average Bonchev–Trinajstić information content (AvgIpc) is 2.87. The second-order valence-electron chi connectivity index (χ2n) is 6.00. The lowest BCUT2D eigenvalue weighted by atomic mass is 9.84. The van der Waals surface area contributed by atoms with Crippen LogP contribution in [0.5, 0.6) is 0 Å². The molecule has 1 aromatic heterocycles. The first-order chi connectivity index (χ1) is 9.76. The molecule has 6 heteroatoms. The van der Waals surface area contributed by atoms with Crippen LogP contribution in [0.15, 0.2) is 6.20 Å². The number of rotatable bonds is 4. The SMILES string of the molecule is CCC1CCC(NC(=O)c2cn(C3CNC3)nn2)CC1. The van der Waals surface area contributed by atoms with E-state index in [4.69, 9.17) is 0 Å². The summed E-state index contributed by atoms with van der Waals surface area (Å²) in [5, 5.41) is 14.3. The summed E-state index contributed by atoms with van der Waals surface area (Å²) in [6.07, 6.45) is 7.64. The normalized spacial score (nSPS) is 27.1. The summed E-state index contributed by atoms with van der Waals surface area (Å²) in [5.41, 5.74) is 0.439. The number of nitrogens with one attached hydrogen (secondary N) is 2. The predicted octanol–water partition coefficient (Wildman–Crippen LogP) is 1.12. The van der Waals surface area contributed by atoms with Crippen LogP contribution in [0.2, 0.25) is 0 Å². The van der Waals surface area contributed by atoms with Crippen LogP contribution in [0.4, 0.5) is 0 Å². The molecule has 0 unspecified atom stereocenters. The number of hydrogen-bond acceptors (Lipinski definition) is 4. The van der Waals surface area contributed by atoms with Crippen molar-refractivity contribution in [1.82, 2.24) is 25.6 Å². The first kappa shape index (κ1) is 13.5. The molecule has 1 saturated heterocycles. The van der Waals surface area contributed by atoms with E-state index >= 15 is 0 Å². The quantitative estimate of drug-likeness (QED) is 0.865. The third-order valence-corrected chi connectivity index (χ3v) is 4.64. The number of amides is 1. The minimum atomic E-state index is -0.0801. The van der Waals surface area contributed by atoms with Gasteiger partial charge in [-0.2, -0.15) is 0 Å². The highest BCUT2D eigenvalue weighted by Gasteiger charge is 2.24. The van der Waals surface area contributed by atoms with Gasteiger partial charge in [0.2, 0.25) is 0 Å². The summed E-state index contributed by atoms with van der Waals surface area (Å²) in [4.78, 5) is 12.2. The molecule has 20 heavy (non-hydrogen) atoms. The second-order valence-corrected chi connectivity index (χ2v) is 6.00. The van der Waals surface area contributed by atoms with Crippen LogP contribution in [-0.2, 0) is 0 Å². The Hall–Kier alpha value is -1.43. The van der Waals surface area contributed by atoms with Crippen LogP contribution >= 0.6 is 0 Å². The Kier molecular flexibility index (Phi) is 4.00. The molecular weight excluding hydrogens is 254 g/mol. The zero-order valence-corrected chi connectivity index (χ0v) is 12.0. The fourth-order valence-electron chi connectivity index (χ4n) is 2.99. The Morgan fingerprint density at radius 1 is 1.40 bits per heavy atom. The molecule has 2 fully saturated rings. The fraction of sp³-hybridized carbons (Fsp3) is 0.786. The third kappa shape index (κ3) is 2.85. The van der Waals surface area contributed by atoms with Crippen molar-refractivity contribution < 1.29 is 4.79 Å². The van der Waals surface area contributed by atoms with Gasteiger partial charge in [0.25, 0.3) is 5.91 Å². The second kappa shape index (κ2) is 5.91. The van der Waals surface area contributed by atoms with E-state index in [1.54, 1.807) is 10.9 Å². The van der Waals surface area contributed by atoms with Gasteiger partial charge in [-0.15, -0.1) is 5.10 Å². The molecule has 0 aromatic carbocycles. The lowest BCUT2D eigenvalue weighted by molar-refractivity contribution is 0.0916. The van der Waals surface area contributed by atoms with E-state index in [0.717, 1.165) is 31.8 Å². The minimum absolute atomic E-state index is 0.0801. The molecule has 0 radical (unpaired) electrons. The van der Waals surface area contributed by atoms with Gasteiger partial charge in [0.1, 0.15) is 0 Å². The van der Waals surface area contributed by atoms with Crippen LogP contribution in [0.3, 0.4) is 0 Å². The first-order valence-corrected chi connectivity index (χ1v) is 7.69. The molecule has 0 atom stereocenters. The lowest BCUT2D eigenvalue weighted by Gasteiger charge is -2.28. The van der Waals surface area contributed by atoms with Crippen molar-refractivity contribution in [2.45, 2.75) is 51.1 Å². The van der Waals surface area contributed by atoms with Gasteiger partial charge < -0.3 is 10.6 Å². The van der Waals surface area contributed by atoms with Gasteiger partial charge >= 0.3 is 0 Å². The number of carbonyl (C=O) groups excluding carboxylic acids is 1. The number of hydrogen-bond donors (Lipinski definition) is 2. The largest absolute Gasteiger partial charge is 0.348 e. The summed E-state index contributed by atoms with van der Waals surface area (Å²) in [5.74, 6) is 0.763. The monoisotopic (exact) mass is 277 g/mol. The molecule has 1 amide bonds. The number of aromatic nitrogens is 3. The lowest BCUT2D eigenvalue weighted by Crippen LogP contribution is -2.43. The van der Waals surface area contributed by atoms with Crippen molar-refractivity contribution >= 4 is 5.91 Å². The minimum Gasteiger partial charge on any atom is -0.348 e. The van der Waals surface area contributed by atoms with Crippen molar-refractivity contribution in [2.24, 2.45) is 5.92 Å². The van der Waals surface area contributed by atoms with Crippen LogP contribution in [-0.4, -0.2) is 40.0 Å². The highest BCUT2D eigenvalue weighted by atomic mass is 16.2. The van der Waals surface area contributed by atoms with Crippen molar-refractivity contribution in [1.29, 1.82) is 0 Å². The van der Waals surface area contributed by atoms with Crippen LogP contribution in [0.25, 0.3) is 0 Å². The van der Waals surface area contributed by atoms with Gasteiger partial charge in [-0.1, -0.05) is 18.6 Å². The Labute approximate surface area is 119 Å². The van der Waals surface area contributed by atoms with E-state index in [-0.39, 0.29) is 5.91 Å². The molecule has 1 aromatic rings. The zero-order chi connectivity index (χ0) is 13.9. The van der Waals surface area contributed by atoms with Gasteiger partial charge in [0, 0.05) is 19.1 Å². The van der Waals surface area contributed by atoms with E-state index in [2.05, 4.69) is 27.9 Å².